The molecule has 0 saturated heterocycles. The van der Waals surface area contributed by atoms with E-state index in [0.717, 1.165) is 23.4 Å². The molecule has 1 aliphatic carbocycles. The standard InChI is InChI=1S/C18H20F3N3O/c1-17(2)8-14(23-16(25)10-18(19,20)21)13-11-22-24(15(13)9-17)12-6-4-3-5-7-12/h3-7,11,14H,8-10H2,1-2H3,(H,23,25)/t14-/m0/s1. The molecule has 0 radical (unpaired) electrons. The van der Waals surface area contributed by atoms with E-state index < -0.39 is 24.5 Å². The first kappa shape index (κ1) is 17.5. The monoisotopic (exact) mass is 351 g/mol. The van der Waals surface area contributed by atoms with E-state index in [1.54, 1.807) is 10.9 Å². The first-order valence-corrected chi connectivity index (χ1v) is 8.13. The zero-order valence-corrected chi connectivity index (χ0v) is 14.1. The molecule has 0 bridgehead atoms. The van der Waals surface area contributed by atoms with E-state index in [4.69, 9.17) is 0 Å². The van der Waals surface area contributed by atoms with Crippen LogP contribution in [0.15, 0.2) is 36.5 Å². The van der Waals surface area contributed by atoms with Crippen LogP contribution in [-0.2, 0) is 11.2 Å². The lowest BCUT2D eigenvalue weighted by molar-refractivity contribution is -0.154. The molecule has 0 saturated carbocycles. The van der Waals surface area contributed by atoms with Gasteiger partial charge in [-0.1, -0.05) is 32.0 Å². The van der Waals surface area contributed by atoms with Crippen LogP contribution in [0.5, 0.6) is 0 Å². The van der Waals surface area contributed by atoms with Crippen molar-refractivity contribution < 1.29 is 18.0 Å². The highest BCUT2D eigenvalue weighted by atomic mass is 19.4. The Morgan fingerprint density at radius 2 is 2.00 bits per heavy atom. The molecule has 1 N–H and O–H groups in total. The van der Waals surface area contributed by atoms with Gasteiger partial charge in [0.05, 0.1) is 23.6 Å². The van der Waals surface area contributed by atoms with Gasteiger partial charge in [-0.05, 0) is 30.4 Å². The summed E-state index contributed by atoms with van der Waals surface area (Å²) in [5.74, 6) is -1.01. The van der Waals surface area contributed by atoms with Crippen LogP contribution >= 0.6 is 0 Å². The number of hydrogen-bond donors (Lipinski definition) is 1. The van der Waals surface area contributed by atoms with E-state index in [2.05, 4.69) is 10.4 Å². The molecule has 134 valence electrons. The molecular weight excluding hydrogens is 331 g/mol. The van der Waals surface area contributed by atoms with Crippen LogP contribution in [-0.4, -0.2) is 21.9 Å². The Labute approximate surface area is 144 Å². The van der Waals surface area contributed by atoms with Gasteiger partial charge in [0.25, 0.3) is 0 Å². The van der Waals surface area contributed by atoms with Crippen molar-refractivity contribution in [3.63, 3.8) is 0 Å². The van der Waals surface area contributed by atoms with Crippen LogP contribution < -0.4 is 5.32 Å². The van der Waals surface area contributed by atoms with Crippen LogP contribution in [0.1, 0.15) is 44.0 Å². The lowest BCUT2D eigenvalue weighted by Crippen LogP contribution is -2.38. The van der Waals surface area contributed by atoms with Crippen LogP contribution in [0.25, 0.3) is 5.69 Å². The van der Waals surface area contributed by atoms with Crippen LogP contribution in [0.2, 0.25) is 0 Å². The Balaban J connectivity index is 1.91. The zero-order valence-electron chi connectivity index (χ0n) is 14.1. The minimum absolute atomic E-state index is 0.157. The summed E-state index contributed by atoms with van der Waals surface area (Å²) in [6, 6.07) is 9.09. The molecule has 2 aromatic rings. The SMILES string of the molecule is CC1(C)Cc2c(cnn2-c2ccccc2)[C@@H](NC(=O)CC(F)(F)F)C1. The minimum atomic E-state index is -4.51. The van der Waals surface area contributed by atoms with Gasteiger partial charge < -0.3 is 5.32 Å². The smallest absolute Gasteiger partial charge is 0.349 e. The average Bonchev–Trinajstić information content (AvgIpc) is 2.88. The summed E-state index contributed by atoms with van der Waals surface area (Å²) < 4.78 is 39.2. The third kappa shape index (κ3) is 4.03. The predicted molar refractivity (Wildman–Crippen MR) is 87.2 cm³/mol. The molecule has 25 heavy (non-hydrogen) atoms. The number of rotatable bonds is 3. The highest BCUT2D eigenvalue weighted by Crippen LogP contribution is 2.41. The molecule has 1 heterocycles. The molecule has 1 aromatic carbocycles. The summed E-state index contributed by atoms with van der Waals surface area (Å²) in [5.41, 5.74) is 2.45. The average molecular weight is 351 g/mol. The summed E-state index contributed by atoms with van der Waals surface area (Å²) in [7, 11) is 0. The van der Waals surface area contributed by atoms with Gasteiger partial charge in [-0.15, -0.1) is 0 Å². The van der Waals surface area contributed by atoms with Gasteiger partial charge >= 0.3 is 6.18 Å². The Bertz CT molecular complexity index is 766. The quantitative estimate of drug-likeness (QED) is 0.910. The van der Waals surface area contributed by atoms with E-state index in [-0.39, 0.29) is 5.41 Å². The van der Waals surface area contributed by atoms with Gasteiger partial charge in [0.2, 0.25) is 5.91 Å². The molecule has 1 aromatic heterocycles. The Morgan fingerprint density at radius 3 is 2.64 bits per heavy atom. The van der Waals surface area contributed by atoms with Crippen LogP contribution in [0.3, 0.4) is 0 Å². The largest absolute Gasteiger partial charge is 0.397 e. The number of amides is 1. The first-order chi connectivity index (χ1) is 11.6. The number of carbonyl (C=O) groups is 1. The Morgan fingerprint density at radius 1 is 1.32 bits per heavy atom. The maximum absolute atomic E-state index is 12.5. The number of hydrogen-bond acceptors (Lipinski definition) is 2. The van der Waals surface area contributed by atoms with Crippen molar-refractivity contribution in [1.29, 1.82) is 0 Å². The van der Waals surface area contributed by atoms with Crippen molar-refractivity contribution in [1.82, 2.24) is 15.1 Å². The molecule has 0 aliphatic heterocycles. The van der Waals surface area contributed by atoms with Gasteiger partial charge in [-0.3, -0.25) is 4.79 Å². The van der Waals surface area contributed by atoms with Gasteiger partial charge in [-0.2, -0.15) is 18.3 Å². The van der Waals surface area contributed by atoms with E-state index in [1.165, 1.54) is 0 Å². The lowest BCUT2D eigenvalue weighted by Gasteiger charge is -2.36. The van der Waals surface area contributed by atoms with Crippen molar-refractivity contribution in [2.75, 3.05) is 0 Å². The maximum Gasteiger partial charge on any atom is 0.397 e. The minimum Gasteiger partial charge on any atom is -0.349 e. The van der Waals surface area contributed by atoms with Crippen molar-refractivity contribution in [3.05, 3.63) is 47.8 Å². The van der Waals surface area contributed by atoms with Crippen LogP contribution in [0, 0.1) is 5.41 Å². The fraction of sp³-hybridized carbons (Fsp3) is 0.444. The zero-order chi connectivity index (χ0) is 18.2. The van der Waals surface area contributed by atoms with Crippen molar-refractivity contribution in [3.8, 4) is 5.69 Å². The number of aromatic nitrogens is 2. The molecule has 0 spiro atoms. The third-order valence-electron chi connectivity index (χ3n) is 4.38. The number of halogens is 3. The Kier molecular flexibility index (Phi) is 4.34. The predicted octanol–water partition coefficient (Wildman–Crippen LogP) is 3.95. The number of para-hydroxylation sites is 1. The molecule has 0 fully saturated rings. The number of nitrogens with zero attached hydrogens (tertiary/aromatic N) is 2. The fourth-order valence-corrected chi connectivity index (χ4v) is 3.39. The van der Waals surface area contributed by atoms with Gasteiger partial charge in [-0.25, -0.2) is 4.68 Å². The molecule has 1 amide bonds. The van der Waals surface area contributed by atoms with E-state index in [9.17, 15) is 18.0 Å². The molecule has 7 heteroatoms. The van der Waals surface area contributed by atoms with Crippen molar-refractivity contribution in [2.24, 2.45) is 5.41 Å². The second kappa shape index (κ2) is 6.20. The van der Waals surface area contributed by atoms with E-state index in [0.29, 0.717) is 6.42 Å². The number of nitrogens with one attached hydrogen (secondary N) is 1. The van der Waals surface area contributed by atoms with Crippen molar-refractivity contribution >= 4 is 5.91 Å². The molecule has 3 rings (SSSR count). The first-order valence-electron chi connectivity index (χ1n) is 8.13. The van der Waals surface area contributed by atoms with Gasteiger partial charge in [0, 0.05) is 5.56 Å². The normalized spacial score (nSPS) is 19.3. The molecular formula is C18H20F3N3O. The molecule has 0 unspecified atom stereocenters. The summed E-state index contributed by atoms with van der Waals surface area (Å²) in [4.78, 5) is 11.8. The van der Waals surface area contributed by atoms with Gasteiger partial charge in [0.15, 0.2) is 0 Å². The third-order valence-corrected chi connectivity index (χ3v) is 4.38. The van der Waals surface area contributed by atoms with Crippen molar-refractivity contribution in [2.45, 2.75) is 45.3 Å². The van der Waals surface area contributed by atoms with Gasteiger partial charge in [0.1, 0.15) is 6.42 Å². The molecule has 1 aliphatic rings. The highest BCUT2D eigenvalue weighted by Gasteiger charge is 2.38. The number of carbonyl (C=O) groups excluding carboxylic acids is 1. The fourth-order valence-electron chi connectivity index (χ4n) is 3.39. The summed E-state index contributed by atoms with van der Waals surface area (Å²) in [6.07, 6.45) is -3.01. The van der Waals surface area contributed by atoms with E-state index in [1.807, 2.05) is 44.2 Å². The summed E-state index contributed by atoms with van der Waals surface area (Å²) in [5, 5.41) is 6.95. The number of fused-ring (bicyclic) bond motifs is 1. The second-order valence-electron chi connectivity index (χ2n) is 7.25. The van der Waals surface area contributed by atoms with Crippen LogP contribution in [0.4, 0.5) is 13.2 Å². The summed E-state index contributed by atoms with van der Waals surface area (Å²) in [6.45, 7) is 4.09. The second-order valence-corrected chi connectivity index (χ2v) is 7.25. The number of benzene rings is 1. The highest BCUT2D eigenvalue weighted by molar-refractivity contribution is 5.77. The molecule has 1 atom stereocenters. The number of alkyl halides is 3. The lowest BCUT2D eigenvalue weighted by atomic mass is 9.74. The maximum atomic E-state index is 12.5. The molecule has 4 nitrogen and oxygen atoms in total. The Hall–Kier alpha value is -2.31. The topological polar surface area (TPSA) is 46.9 Å². The van der Waals surface area contributed by atoms with E-state index >= 15 is 0 Å². The summed E-state index contributed by atoms with van der Waals surface area (Å²) >= 11 is 0.